The molecule has 1 saturated heterocycles. The number of nitrogens with zero attached hydrogens (tertiary/aromatic N) is 2. The topological polar surface area (TPSA) is 16.1 Å². The highest BCUT2D eigenvalue weighted by molar-refractivity contribution is 9.10. The normalized spacial score (nSPS) is 20.6. The van der Waals surface area contributed by atoms with Crippen LogP contribution in [0.4, 0.5) is 0 Å². The minimum Gasteiger partial charge on any atom is -0.296 e. The van der Waals surface area contributed by atoms with Crippen LogP contribution in [-0.4, -0.2) is 35.0 Å². The van der Waals surface area contributed by atoms with Crippen molar-refractivity contribution in [2.24, 2.45) is 0 Å². The van der Waals surface area contributed by atoms with E-state index in [-0.39, 0.29) is 0 Å². The van der Waals surface area contributed by atoms with E-state index >= 15 is 0 Å². The number of aromatic nitrogens is 1. The predicted molar refractivity (Wildman–Crippen MR) is 87.9 cm³/mol. The van der Waals surface area contributed by atoms with Crippen LogP contribution in [0.2, 0.25) is 0 Å². The van der Waals surface area contributed by atoms with Crippen LogP contribution >= 0.6 is 39.0 Å². The molecule has 1 atom stereocenters. The maximum absolute atomic E-state index is 4.84. The summed E-state index contributed by atoms with van der Waals surface area (Å²) in [6, 6.07) is 8.81. The van der Waals surface area contributed by atoms with Gasteiger partial charge in [-0.3, -0.25) is 4.90 Å². The minimum atomic E-state index is 0.477. The van der Waals surface area contributed by atoms with Crippen molar-refractivity contribution < 1.29 is 0 Å². The van der Waals surface area contributed by atoms with E-state index in [1.165, 1.54) is 16.3 Å². The standard InChI is InChI=1S/C14H15BrN2S2/c1-17-5-6-18-9-13(17)14-16-12(8-19-14)10-3-2-4-11(15)7-10/h2-4,7-8,13H,5-6,9H2,1H3. The average Bonchev–Trinajstić information content (AvgIpc) is 2.89. The van der Waals surface area contributed by atoms with E-state index in [9.17, 15) is 0 Å². The van der Waals surface area contributed by atoms with Crippen LogP contribution < -0.4 is 0 Å². The minimum absolute atomic E-state index is 0.477. The molecule has 0 radical (unpaired) electrons. The third-order valence-corrected chi connectivity index (χ3v) is 5.79. The van der Waals surface area contributed by atoms with Crippen molar-refractivity contribution in [3.8, 4) is 11.3 Å². The number of thioether (sulfide) groups is 1. The van der Waals surface area contributed by atoms with E-state index in [0.29, 0.717) is 6.04 Å². The lowest BCUT2D eigenvalue weighted by Crippen LogP contribution is -2.32. The Kier molecular flexibility index (Phi) is 4.27. The van der Waals surface area contributed by atoms with Gasteiger partial charge in [-0.05, 0) is 19.2 Å². The van der Waals surface area contributed by atoms with Gasteiger partial charge < -0.3 is 0 Å². The number of benzene rings is 1. The Morgan fingerprint density at radius 1 is 1.42 bits per heavy atom. The third kappa shape index (κ3) is 3.05. The Morgan fingerprint density at radius 3 is 3.11 bits per heavy atom. The van der Waals surface area contributed by atoms with Gasteiger partial charge in [0.1, 0.15) is 5.01 Å². The second-order valence-electron chi connectivity index (χ2n) is 4.65. The smallest absolute Gasteiger partial charge is 0.111 e. The van der Waals surface area contributed by atoms with Crippen molar-refractivity contribution in [3.05, 3.63) is 39.1 Å². The Morgan fingerprint density at radius 2 is 2.32 bits per heavy atom. The van der Waals surface area contributed by atoms with Crippen molar-refractivity contribution in [3.63, 3.8) is 0 Å². The van der Waals surface area contributed by atoms with E-state index in [4.69, 9.17) is 4.98 Å². The molecule has 0 saturated carbocycles. The van der Waals surface area contributed by atoms with Crippen LogP contribution in [0, 0.1) is 0 Å². The summed E-state index contributed by atoms with van der Waals surface area (Å²) >= 11 is 7.32. The van der Waals surface area contributed by atoms with Crippen molar-refractivity contribution in [1.82, 2.24) is 9.88 Å². The van der Waals surface area contributed by atoms with E-state index < -0.39 is 0 Å². The molecule has 2 heterocycles. The van der Waals surface area contributed by atoms with Crippen LogP contribution in [0.3, 0.4) is 0 Å². The van der Waals surface area contributed by atoms with Gasteiger partial charge in [0.15, 0.2) is 0 Å². The maximum Gasteiger partial charge on any atom is 0.111 e. The molecule has 0 N–H and O–H groups in total. The molecule has 1 aliphatic rings. The van der Waals surface area contributed by atoms with E-state index in [1.54, 1.807) is 11.3 Å². The summed E-state index contributed by atoms with van der Waals surface area (Å²) in [5.74, 6) is 2.39. The fourth-order valence-electron chi connectivity index (χ4n) is 2.17. The van der Waals surface area contributed by atoms with Crippen molar-refractivity contribution in [2.45, 2.75) is 6.04 Å². The van der Waals surface area contributed by atoms with Gasteiger partial charge in [0.25, 0.3) is 0 Å². The largest absolute Gasteiger partial charge is 0.296 e. The fraction of sp³-hybridized carbons (Fsp3) is 0.357. The fourth-order valence-corrected chi connectivity index (χ4v) is 4.88. The summed E-state index contributed by atoms with van der Waals surface area (Å²) in [6.07, 6.45) is 0. The summed E-state index contributed by atoms with van der Waals surface area (Å²) in [6.45, 7) is 1.15. The lowest BCUT2D eigenvalue weighted by Gasteiger charge is -2.30. The molecule has 1 aliphatic heterocycles. The first kappa shape index (κ1) is 13.6. The van der Waals surface area contributed by atoms with Crippen LogP contribution in [0.5, 0.6) is 0 Å². The summed E-state index contributed by atoms with van der Waals surface area (Å²) in [5.41, 5.74) is 2.27. The zero-order valence-corrected chi connectivity index (χ0v) is 13.9. The first-order chi connectivity index (χ1) is 9.24. The number of rotatable bonds is 2. The molecule has 1 aromatic heterocycles. The van der Waals surface area contributed by atoms with Crippen molar-refractivity contribution >= 4 is 39.0 Å². The number of thiazole rings is 1. The SMILES string of the molecule is CN1CCSCC1c1nc(-c2cccc(Br)c2)cs1. The first-order valence-corrected chi connectivity index (χ1v) is 9.06. The zero-order chi connectivity index (χ0) is 13.2. The molecule has 1 fully saturated rings. The highest BCUT2D eigenvalue weighted by Crippen LogP contribution is 2.33. The second kappa shape index (κ2) is 5.95. The molecule has 2 aromatic rings. The van der Waals surface area contributed by atoms with Crippen LogP contribution in [0.1, 0.15) is 11.0 Å². The lowest BCUT2D eigenvalue weighted by atomic mass is 10.2. The van der Waals surface area contributed by atoms with Crippen molar-refractivity contribution in [2.75, 3.05) is 25.1 Å². The molecule has 0 bridgehead atoms. The molecule has 1 unspecified atom stereocenters. The van der Waals surface area contributed by atoms with Gasteiger partial charge in [0, 0.05) is 33.5 Å². The molecule has 3 rings (SSSR count). The van der Waals surface area contributed by atoms with Crippen LogP contribution in [0.15, 0.2) is 34.1 Å². The lowest BCUT2D eigenvalue weighted by molar-refractivity contribution is 0.274. The van der Waals surface area contributed by atoms with Gasteiger partial charge in [-0.2, -0.15) is 11.8 Å². The van der Waals surface area contributed by atoms with Gasteiger partial charge in [0.2, 0.25) is 0 Å². The summed E-state index contributed by atoms with van der Waals surface area (Å²) in [7, 11) is 2.20. The van der Waals surface area contributed by atoms with E-state index in [2.05, 4.69) is 51.5 Å². The van der Waals surface area contributed by atoms with Gasteiger partial charge >= 0.3 is 0 Å². The number of hydrogen-bond acceptors (Lipinski definition) is 4. The average molecular weight is 355 g/mol. The molecule has 0 amide bonds. The number of halogens is 1. The second-order valence-corrected chi connectivity index (χ2v) is 7.61. The predicted octanol–water partition coefficient (Wildman–Crippen LogP) is 4.29. The zero-order valence-electron chi connectivity index (χ0n) is 10.7. The Hall–Kier alpha value is -0.360. The highest BCUT2D eigenvalue weighted by Gasteiger charge is 2.23. The van der Waals surface area contributed by atoms with E-state index in [1.807, 2.05) is 17.8 Å². The molecular weight excluding hydrogens is 340 g/mol. The van der Waals surface area contributed by atoms with Crippen molar-refractivity contribution in [1.29, 1.82) is 0 Å². The molecule has 100 valence electrons. The third-order valence-electron chi connectivity index (χ3n) is 3.32. The summed E-state index contributed by atoms with van der Waals surface area (Å²) < 4.78 is 1.10. The summed E-state index contributed by atoms with van der Waals surface area (Å²) in [5, 5.41) is 3.41. The van der Waals surface area contributed by atoms with Gasteiger partial charge in [-0.15, -0.1) is 11.3 Å². The first-order valence-electron chi connectivity index (χ1n) is 6.23. The Bertz CT molecular complexity index is 570. The van der Waals surface area contributed by atoms with Crippen LogP contribution in [-0.2, 0) is 0 Å². The molecule has 0 spiro atoms. The van der Waals surface area contributed by atoms with E-state index in [0.717, 1.165) is 22.5 Å². The number of hydrogen-bond donors (Lipinski definition) is 0. The monoisotopic (exact) mass is 354 g/mol. The molecule has 19 heavy (non-hydrogen) atoms. The van der Waals surface area contributed by atoms with Crippen LogP contribution in [0.25, 0.3) is 11.3 Å². The quantitative estimate of drug-likeness (QED) is 0.799. The van der Waals surface area contributed by atoms with Gasteiger partial charge in [0.05, 0.1) is 11.7 Å². The van der Waals surface area contributed by atoms with Gasteiger partial charge in [-0.25, -0.2) is 4.98 Å². The molecule has 2 nitrogen and oxygen atoms in total. The molecule has 1 aromatic carbocycles. The molecule has 0 aliphatic carbocycles. The Labute approximate surface area is 130 Å². The highest BCUT2D eigenvalue weighted by atomic mass is 79.9. The van der Waals surface area contributed by atoms with Gasteiger partial charge in [-0.1, -0.05) is 28.1 Å². The Balaban J connectivity index is 1.86. The molecular formula is C14H15BrN2S2. The molecule has 5 heteroatoms. The maximum atomic E-state index is 4.84. The summed E-state index contributed by atoms with van der Waals surface area (Å²) in [4.78, 5) is 7.26.